The van der Waals surface area contributed by atoms with Crippen LogP contribution in [-0.4, -0.2) is 42.3 Å². The van der Waals surface area contributed by atoms with Crippen LogP contribution in [0.5, 0.6) is 0 Å². The van der Waals surface area contributed by atoms with Crippen LogP contribution in [0.2, 0.25) is 0 Å². The van der Waals surface area contributed by atoms with Gasteiger partial charge in [0.2, 0.25) is 5.79 Å². The second-order valence-corrected chi connectivity index (χ2v) is 6.16. The van der Waals surface area contributed by atoms with Crippen LogP contribution >= 0.6 is 0 Å². The molecule has 0 atom stereocenters. The topological polar surface area (TPSA) is 55.8 Å². The first-order chi connectivity index (χ1) is 10.7. The number of rotatable bonds is 7. The van der Waals surface area contributed by atoms with Gasteiger partial charge in [-0.25, -0.2) is 0 Å². The van der Waals surface area contributed by atoms with Gasteiger partial charge in [0.15, 0.2) is 0 Å². The van der Waals surface area contributed by atoms with E-state index in [2.05, 4.69) is 0 Å². The van der Waals surface area contributed by atoms with Crippen LogP contribution in [0.4, 0.5) is 0 Å². The molecule has 5 nitrogen and oxygen atoms in total. The highest BCUT2D eigenvalue weighted by Crippen LogP contribution is 2.14. The number of carbonyl (C=O) groups excluding carboxylic acids is 2. The van der Waals surface area contributed by atoms with E-state index in [9.17, 15) is 9.59 Å². The zero-order chi connectivity index (χ0) is 17.6. The maximum Gasteiger partial charge on any atom is 0.328 e. The molecule has 0 aliphatic heterocycles. The molecule has 1 rings (SSSR count). The van der Waals surface area contributed by atoms with Gasteiger partial charge < -0.3 is 14.4 Å². The van der Waals surface area contributed by atoms with Crippen LogP contribution in [0.3, 0.4) is 0 Å². The highest BCUT2D eigenvalue weighted by atomic mass is 16.7. The van der Waals surface area contributed by atoms with E-state index in [0.29, 0.717) is 5.56 Å². The normalized spacial score (nSPS) is 11.4. The molecule has 128 valence electrons. The SMILES string of the molecule is CCc1cccc(C(=O)N(CC(=O)OC(C)(C)OC)C(C)C)c1. The summed E-state index contributed by atoms with van der Waals surface area (Å²) in [6, 6.07) is 7.35. The van der Waals surface area contributed by atoms with Crippen LogP contribution < -0.4 is 0 Å². The van der Waals surface area contributed by atoms with Crippen molar-refractivity contribution >= 4 is 11.9 Å². The fourth-order valence-electron chi connectivity index (χ4n) is 2.07. The largest absolute Gasteiger partial charge is 0.432 e. The van der Waals surface area contributed by atoms with Crippen molar-refractivity contribution in [3.63, 3.8) is 0 Å². The Hall–Kier alpha value is -1.88. The Labute approximate surface area is 138 Å². The van der Waals surface area contributed by atoms with Crippen molar-refractivity contribution in [2.45, 2.75) is 52.9 Å². The molecule has 1 aromatic rings. The minimum Gasteiger partial charge on any atom is -0.432 e. The van der Waals surface area contributed by atoms with Gasteiger partial charge in [-0.05, 0) is 38.0 Å². The molecule has 0 aromatic heterocycles. The molecule has 0 saturated carbocycles. The number of esters is 1. The Kier molecular flexibility index (Phi) is 6.76. The van der Waals surface area contributed by atoms with Crippen molar-refractivity contribution in [2.24, 2.45) is 0 Å². The zero-order valence-electron chi connectivity index (χ0n) is 14.9. The third-order valence-electron chi connectivity index (χ3n) is 3.62. The smallest absolute Gasteiger partial charge is 0.328 e. The number of nitrogens with zero attached hydrogens (tertiary/aromatic N) is 1. The molecule has 0 N–H and O–H groups in total. The summed E-state index contributed by atoms with van der Waals surface area (Å²) in [5.41, 5.74) is 1.67. The lowest BCUT2D eigenvalue weighted by Gasteiger charge is -2.29. The third-order valence-corrected chi connectivity index (χ3v) is 3.62. The molecule has 0 bridgehead atoms. The number of carbonyl (C=O) groups is 2. The van der Waals surface area contributed by atoms with Gasteiger partial charge in [-0.2, -0.15) is 0 Å². The van der Waals surface area contributed by atoms with Gasteiger partial charge in [0.1, 0.15) is 6.54 Å². The molecule has 0 spiro atoms. The van der Waals surface area contributed by atoms with Gasteiger partial charge in [0, 0.05) is 32.6 Å². The molecule has 1 amide bonds. The van der Waals surface area contributed by atoms with Crippen molar-refractivity contribution in [3.05, 3.63) is 35.4 Å². The number of methoxy groups -OCH3 is 1. The first-order valence-electron chi connectivity index (χ1n) is 7.87. The monoisotopic (exact) mass is 321 g/mol. The highest BCUT2D eigenvalue weighted by Gasteiger charge is 2.27. The summed E-state index contributed by atoms with van der Waals surface area (Å²) >= 11 is 0. The lowest BCUT2D eigenvalue weighted by molar-refractivity contribution is -0.206. The first kappa shape index (κ1) is 19.2. The standard InChI is InChI=1S/C18H27NO4/c1-7-14-9-8-10-15(11-14)17(21)19(13(2)3)12-16(20)23-18(4,5)22-6/h8-11,13H,7,12H2,1-6H3. The summed E-state index contributed by atoms with van der Waals surface area (Å²) in [6.45, 7) is 8.97. The molecule has 1 aromatic carbocycles. The molecule has 0 radical (unpaired) electrons. The quantitative estimate of drug-likeness (QED) is 0.572. The molecule has 0 fully saturated rings. The fourth-order valence-corrected chi connectivity index (χ4v) is 2.07. The van der Waals surface area contributed by atoms with Crippen molar-refractivity contribution in [1.29, 1.82) is 0 Å². The highest BCUT2D eigenvalue weighted by molar-refractivity contribution is 5.96. The van der Waals surface area contributed by atoms with Crippen LogP contribution in [0.15, 0.2) is 24.3 Å². The van der Waals surface area contributed by atoms with Gasteiger partial charge in [0.05, 0.1) is 0 Å². The molecule has 0 saturated heterocycles. The summed E-state index contributed by atoms with van der Waals surface area (Å²) in [6.07, 6.45) is 0.854. The number of hydrogen-bond donors (Lipinski definition) is 0. The molecular formula is C18H27NO4. The fraction of sp³-hybridized carbons (Fsp3) is 0.556. The maximum absolute atomic E-state index is 12.7. The molecule has 0 aliphatic carbocycles. The van der Waals surface area contributed by atoms with Crippen molar-refractivity contribution in [3.8, 4) is 0 Å². The predicted molar refractivity (Wildman–Crippen MR) is 89.2 cm³/mol. The van der Waals surface area contributed by atoms with E-state index in [1.54, 1.807) is 19.9 Å². The lowest BCUT2D eigenvalue weighted by Crippen LogP contribution is -2.43. The second kappa shape index (κ2) is 8.11. The van der Waals surface area contributed by atoms with Gasteiger partial charge in [0.25, 0.3) is 5.91 Å². The van der Waals surface area contributed by atoms with Crippen molar-refractivity contribution in [1.82, 2.24) is 4.90 Å². The van der Waals surface area contributed by atoms with Gasteiger partial charge in [-0.15, -0.1) is 0 Å². The molecule has 5 heteroatoms. The third kappa shape index (κ3) is 5.67. The lowest BCUT2D eigenvalue weighted by atomic mass is 10.1. The van der Waals surface area contributed by atoms with Crippen molar-refractivity contribution in [2.75, 3.05) is 13.7 Å². The van der Waals surface area contributed by atoms with Crippen LogP contribution in [-0.2, 0) is 20.7 Å². The van der Waals surface area contributed by atoms with E-state index in [1.807, 2.05) is 39.0 Å². The summed E-state index contributed by atoms with van der Waals surface area (Å²) in [7, 11) is 1.47. The predicted octanol–water partition coefficient (Wildman–Crippen LogP) is 3.03. The van der Waals surface area contributed by atoms with Crippen molar-refractivity contribution < 1.29 is 19.1 Å². The van der Waals surface area contributed by atoms with Gasteiger partial charge >= 0.3 is 5.97 Å². The van der Waals surface area contributed by atoms with Gasteiger partial charge in [-0.3, -0.25) is 9.59 Å². The van der Waals surface area contributed by atoms with Crippen LogP contribution in [0.1, 0.15) is 50.5 Å². The summed E-state index contributed by atoms with van der Waals surface area (Å²) < 4.78 is 10.3. The number of aryl methyl sites for hydroxylation is 1. The minimum atomic E-state index is -1.01. The molecule has 0 unspecified atom stereocenters. The Bertz CT molecular complexity index is 552. The second-order valence-electron chi connectivity index (χ2n) is 6.16. The van der Waals surface area contributed by atoms with Crippen LogP contribution in [0.25, 0.3) is 0 Å². The molecule has 0 aliphatic rings. The Balaban J connectivity index is 2.89. The average Bonchev–Trinajstić information content (AvgIpc) is 2.51. The van der Waals surface area contributed by atoms with E-state index < -0.39 is 11.8 Å². The van der Waals surface area contributed by atoms with E-state index in [0.717, 1.165) is 12.0 Å². The molecular weight excluding hydrogens is 294 g/mol. The Morgan fingerprint density at radius 2 is 1.91 bits per heavy atom. The number of hydrogen-bond acceptors (Lipinski definition) is 4. The molecule has 23 heavy (non-hydrogen) atoms. The summed E-state index contributed by atoms with van der Waals surface area (Å²) in [5.74, 6) is -1.68. The number of ether oxygens (including phenoxy) is 2. The van der Waals surface area contributed by atoms with E-state index >= 15 is 0 Å². The minimum absolute atomic E-state index is 0.111. The number of amides is 1. The maximum atomic E-state index is 12.7. The number of benzene rings is 1. The van der Waals surface area contributed by atoms with Crippen LogP contribution in [0, 0.1) is 0 Å². The summed E-state index contributed by atoms with van der Waals surface area (Å²) in [4.78, 5) is 26.3. The Morgan fingerprint density at radius 3 is 2.43 bits per heavy atom. The van der Waals surface area contributed by atoms with E-state index in [1.165, 1.54) is 12.0 Å². The average molecular weight is 321 g/mol. The Morgan fingerprint density at radius 1 is 1.26 bits per heavy atom. The zero-order valence-corrected chi connectivity index (χ0v) is 14.9. The van der Waals surface area contributed by atoms with E-state index in [-0.39, 0.29) is 18.5 Å². The van der Waals surface area contributed by atoms with E-state index in [4.69, 9.17) is 9.47 Å². The first-order valence-corrected chi connectivity index (χ1v) is 7.87. The van der Waals surface area contributed by atoms with Gasteiger partial charge in [-0.1, -0.05) is 19.1 Å². The summed E-state index contributed by atoms with van der Waals surface area (Å²) in [5, 5.41) is 0. The molecule has 0 heterocycles.